The van der Waals surface area contributed by atoms with Crippen LogP contribution >= 0.6 is 11.6 Å². The van der Waals surface area contributed by atoms with Gasteiger partial charge in [0, 0.05) is 17.5 Å². The molecule has 0 aromatic heterocycles. The van der Waals surface area contributed by atoms with Gasteiger partial charge in [-0.3, -0.25) is 4.79 Å². The predicted octanol–water partition coefficient (Wildman–Crippen LogP) is 4.68. The molecule has 7 heteroatoms. The standard InChI is InChI=1S/C25H29ClN2O4/c1-25(2)14-18(12-13-32-25)21(17-8-10-19(26)11-9-17)22(27)23(29)28-20(15-31-24(28)30)16-6-4-3-5-7-16/h3-11,18,20-22H,12-15,27H2,1-2H3/t18-,20+,21-,22-/m0/s1. The van der Waals surface area contributed by atoms with Crippen molar-refractivity contribution in [2.75, 3.05) is 13.2 Å². The topological polar surface area (TPSA) is 81.9 Å². The lowest BCUT2D eigenvalue weighted by atomic mass is 9.73. The number of cyclic esters (lactones) is 1. The lowest BCUT2D eigenvalue weighted by Crippen LogP contribution is -2.51. The van der Waals surface area contributed by atoms with Crippen molar-refractivity contribution < 1.29 is 19.1 Å². The molecule has 4 atom stereocenters. The van der Waals surface area contributed by atoms with Crippen LogP contribution in [0.5, 0.6) is 0 Å². The molecular formula is C25H29ClN2O4. The highest BCUT2D eigenvalue weighted by molar-refractivity contribution is 6.30. The van der Waals surface area contributed by atoms with E-state index in [1.54, 1.807) is 0 Å². The summed E-state index contributed by atoms with van der Waals surface area (Å²) >= 11 is 6.11. The number of carbonyl (C=O) groups is 2. The summed E-state index contributed by atoms with van der Waals surface area (Å²) < 4.78 is 11.2. The number of rotatable bonds is 5. The van der Waals surface area contributed by atoms with Gasteiger partial charge in [0.1, 0.15) is 12.6 Å². The van der Waals surface area contributed by atoms with Crippen molar-refractivity contribution in [3.63, 3.8) is 0 Å². The molecule has 2 fully saturated rings. The van der Waals surface area contributed by atoms with Gasteiger partial charge in [-0.2, -0.15) is 0 Å². The van der Waals surface area contributed by atoms with Crippen LogP contribution in [-0.2, 0) is 14.3 Å². The van der Waals surface area contributed by atoms with Gasteiger partial charge in [-0.25, -0.2) is 9.69 Å². The SMILES string of the molecule is CC1(C)C[C@@H]([C@H](c2ccc(Cl)cc2)[C@H](N)C(=O)N2C(=O)OC[C@@H]2c2ccccc2)CCO1. The van der Waals surface area contributed by atoms with Crippen LogP contribution in [0.4, 0.5) is 4.79 Å². The van der Waals surface area contributed by atoms with Crippen LogP contribution in [-0.4, -0.2) is 41.8 Å². The number of hydrogen-bond donors (Lipinski definition) is 1. The zero-order valence-corrected chi connectivity index (χ0v) is 19.1. The smallest absolute Gasteiger partial charge is 0.417 e. The van der Waals surface area contributed by atoms with E-state index in [0.717, 1.165) is 24.0 Å². The van der Waals surface area contributed by atoms with Gasteiger partial charge < -0.3 is 15.2 Å². The molecule has 2 aliphatic heterocycles. The van der Waals surface area contributed by atoms with Gasteiger partial charge in [0.05, 0.1) is 11.6 Å². The summed E-state index contributed by atoms with van der Waals surface area (Å²) in [5.74, 6) is -0.592. The fourth-order valence-electron chi connectivity index (χ4n) is 4.94. The quantitative estimate of drug-likeness (QED) is 0.706. The number of ether oxygens (including phenoxy) is 2. The van der Waals surface area contributed by atoms with Gasteiger partial charge in [-0.05, 0) is 55.9 Å². The number of hydrogen-bond acceptors (Lipinski definition) is 5. The Morgan fingerprint density at radius 3 is 2.50 bits per heavy atom. The number of nitrogens with zero attached hydrogens (tertiary/aromatic N) is 1. The molecule has 0 spiro atoms. The molecule has 0 aliphatic carbocycles. The molecule has 2 aromatic rings. The Bertz CT molecular complexity index is 964. The second-order valence-electron chi connectivity index (χ2n) is 9.18. The first-order chi connectivity index (χ1) is 15.3. The van der Waals surface area contributed by atoms with Gasteiger partial charge >= 0.3 is 6.09 Å². The van der Waals surface area contributed by atoms with E-state index in [1.165, 1.54) is 4.90 Å². The maximum absolute atomic E-state index is 13.7. The van der Waals surface area contributed by atoms with Crippen LogP contribution in [0.25, 0.3) is 0 Å². The third-order valence-corrected chi connectivity index (χ3v) is 6.72. The van der Waals surface area contributed by atoms with Crippen molar-refractivity contribution in [2.24, 2.45) is 11.7 Å². The van der Waals surface area contributed by atoms with Crippen LogP contribution in [0.2, 0.25) is 5.02 Å². The van der Waals surface area contributed by atoms with E-state index in [2.05, 4.69) is 13.8 Å². The Kier molecular flexibility index (Phi) is 6.56. The number of carbonyl (C=O) groups excluding carboxylic acids is 2. The number of nitrogens with two attached hydrogens (primary N) is 1. The Balaban J connectivity index is 1.66. The molecule has 0 bridgehead atoms. The average molecular weight is 457 g/mol. The maximum atomic E-state index is 13.7. The summed E-state index contributed by atoms with van der Waals surface area (Å²) in [4.78, 5) is 27.4. The van der Waals surface area contributed by atoms with E-state index in [0.29, 0.717) is 11.6 Å². The minimum Gasteiger partial charge on any atom is -0.446 e. The number of halogens is 1. The minimum absolute atomic E-state index is 0.118. The zero-order chi connectivity index (χ0) is 22.9. The van der Waals surface area contributed by atoms with E-state index in [1.807, 2.05) is 54.6 Å². The van der Waals surface area contributed by atoms with Crippen molar-refractivity contribution in [1.29, 1.82) is 0 Å². The minimum atomic E-state index is -0.910. The molecule has 2 aromatic carbocycles. The van der Waals surface area contributed by atoms with Gasteiger partial charge in [0.15, 0.2) is 0 Å². The lowest BCUT2D eigenvalue weighted by molar-refractivity contribution is -0.132. The molecule has 2 aliphatic rings. The van der Waals surface area contributed by atoms with Gasteiger partial charge in [0.25, 0.3) is 0 Å². The van der Waals surface area contributed by atoms with Crippen LogP contribution in [0.1, 0.15) is 49.8 Å². The van der Waals surface area contributed by atoms with Gasteiger partial charge in [-0.1, -0.05) is 54.1 Å². The predicted molar refractivity (Wildman–Crippen MR) is 122 cm³/mol. The van der Waals surface area contributed by atoms with Crippen molar-refractivity contribution >= 4 is 23.6 Å². The van der Waals surface area contributed by atoms with Crippen molar-refractivity contribution in [3.05, 3.63) is 70.7 Å². The summed E-state index contributed by atoms with van der Waals surface area (Å²) in [6.07, 6.45) is 0.888. The van der Waals surface area contributed by atoms with E-state index in [-0.39, 0.29) is 24.0 Å². The number of benzene rings is 2. The normalized spacial score (nSPS) is 24.6. The first-order valence-corrected chi connectivity index (χ1v) is 11.3. The molecule has 0 radical (unpaired) electrons. The van der Waals surface area contributed by atoms with E-state index in [4.69, 9.17) is 26.8 Å². The monoisotopic (exact) mass is 456 g/mol. The third kappa shape index (κ3) is 4.68. The number of amides is 2. The van der Waals surface area contributed by atoms with E-state index in [9.17, 15) is 9.59 Å². The summed E-state index contributed by atoms with van der Waals surface area (Å²) in [5.41, 5.74) is 8.12. The van der Waals surface area contributed by atoms with E-state index >= 15 is 0 Å². The van der Waals surface area contributed by atoms with Gasteiger partial charge in [0.2, 0.25) is 5.91 Å². The fourth-order valence-corrected chi connectivity index (χ4v) is 5.07. The van der Waals surface area contributed by atoms with Gasteiger partial charge in [-0.15, -0.1) is 0 Å². The molecule has 0 unspecified atom stereocenters. The highest BCUT2D eigenvalue weighted by Crippen LogP contribution is 2.41. The summed E-state index contributed by atoms with van der Waals surface area (Å²) in [6, 6.07) is 15.5. The molecule has 0 saturated carbocycles. The molecule has 170 valence electrons. The summed E-state index contributed by atoms with van der Waals surface area (Å²) in [6.45, 7) is 4.82. The highest BCUT2D eigenvalue weighted by atomic mass is 35.5. The molecule has 6 nitrogen and oxygen atoms in total. The molecule has 2 amide bonds. The highest BCUT2D eigenvalue weighted by Gasteiger charge is 2.45. The van der Waals surface area contributed by atoms with Crippen molar-refractivity contribution in [1.82, 2.24) is 4.90 Å². The van der Waals surface area contributed by atoms with Crippen molar-refractivity contribution in [2.45, 2.75) is 50.3 Å². The second kappa shape index (κ2) is 9.22. The van der Waals surface area contributed by atoms with Crippen LogP contribution in [0.15, 0.2) is 54.6 Å². The van der Waals surface area contributed by atoms with Crippen molar-refractivity contribution in [3.8, 4) is 0 Å². The Morgan fingerprint density at radius 1 is 1.16 bits per heavy atom. The summed E-state index contributed by atoms with van der Waals surface area (Å²) in [5, 5.41) is 0.618. The van der Waals surface area contributed by atoms with E-state index < -0.39 is 24.1 Å². The third-order valence-electron chi connectivity index (χ3n) is 6.46. The molecule has 2 N–H and O–H groups in total. The van der Waals surface area contributed by atoms with Crippen LogP contribution in [0.3, 0.4) is 0 Å². The first-order valence-electron chi connectivity index (χ1n) is 11.0. The maximum Gasteiger partial charge on any atom is 0.417 e. The molecule has 2 heterocycles. The average Bonchev–Trinajstić information content (AvgIpc) is 3.16. The largest absolute Gasteiger partial charge is 0.446 e. The Labute approximate surface area is 193 Å². The molecule has 32 heavy (non-hydrogen) atoms. The first kappa shape index (κ1) is 22.8. The van der Waals surface area contributed by atoms with Crippen LogP contribution < -0.4 is 5.73 Å². The molecular weight excluding hydrogens is 428 g/mol. The fraction of sp³-hybridized carbons (Fsp3) is 0.440. The molecule has 4 rings (SSSR count). The van der Waals surface area contributed by atoms with Crippen LogP contribution in [0, 0.1) is 5.92 Å². The number of imide groups is 1. The zero-order valence-electron chi connectivity index (χ0n) is 18.4. The Morgan fingerprint density at radius 2 is 1.84 bits per heavy atom. The lowest BCUT2D eigenvalue weighted by Gasteiger charge is -2.41. The molecule has 2 saturated heterocycles. The Hall–Kier alpha value is -2.41. The second-order valence-corrected chi connectivity index (χ2v) is 9.61. The summed E-state index contributed by atoms with van der Waals surface area (Å²) in [7, 11) is 0.